The molecule has 0 saturated heterocycles. The van der Waals surface area contributed by atoms with Crippen molar-refractivity contribution in [3.8, 4) is 9.88 Å². The van der Waals surface area contributed by atoms with Gasteiger partial charge < -0.3 is 4.90 Å². The first-order valence-electron chi connectivity index (χ1n) is 6.73. The van der Waals surface area contributed by atoms with E-state index in [9.17, 15) is 4.79 Å². The van der Waals surface area contributed by atoms with Gasteiger partial charge in [-0.05, 0) is 29.1 Å². The van der Waals surface area contributed by atoms with Gasteiger partial charge >= 0.3 is 0 Å². The Balaban J connectivity index is 1.73. The van der Waals surface area contributed by atoms with Gasteiger partial charge in [0.05, 0.1) is 14.9 Å². The summed E-state index contributed by atoms with van der Waals surface area (Å²) >= 11 is 15.0. The maximum atomic E-state index is 12.5. The molecule has 0 saturated carbocycles. The van der Waals surface area contributed by atoms with Crippen LogP contribution in [0.5, 0.6) is 0 Å². The summed E-state index contributed by atoms with van der Waals surface area (Å²) in [5, 5.41) is 5.64. The summed E-state index contributed by atoms with van der Waals surface area (Å²) in [5.74, 6) is -0.116. The van der Waals surface area contributed by atoms with Crippen molar-refractivity contribution in [2.75, 3.05) is 7.05 Å². The first-order valence-corrected chi connectivity index (χ1v) is 9.25. The van der Waals surface area contributed by atoms with Crippen LogP contribution in [0, 0.1) is 0 Å². The Bertz CT molecular complexity index is 830. The van der Waals surface area contributed by atoms with E-state index in [4.69, 9.17) is 23.2 Å². The highest BCUT2D eigenvalue weighted by molar-refractivity contribution is 7.20. The molecule has 1 aromatic carbocycles. The molecule has 1 amide bonds. The molecule has 7 heteroatoms. The lowest BCUT2D eigenvalue weighted by Crippen LogP contribution is -2.26. The van der Waals surface area contributed by atoms with E-state index in [1.807, 2.05) is 23.6 Å². The third kappa shape index (κ3) is 3.75. The van der Waals surface area contributed by atoms with Gasteiger partial charge in [0.2, 0.25) is 0 Å². The minimum atomic E-state index is -0.116. The molecular weight excluding hydrogens is 371 g/mol. The second kappa shape index (κ2) is 7.01. The number of hydrogen-bond donors (Lipinski definition) is 0. The summed E-state index contributed by atoms with van der Waals surface area (Å²) < 4.78 is 0. The van der Waals surface area contributed by atoms with Crippen LogP contribution < -0.4 is 0 Å². The van der Waals surface area contributed by atoms with Crippen LogP contribution >= 0.6 is 45.9 Å². The molecule has 0 fully saturated rings. The molecule has 2 heterocycles. The lowest BCUT2D eigenvalue weighted by molar-refractivity contribution is 0.0780. The minimum absolute atomic E-state index is 0.116. The molecule has 0 N–H and O–H groups in total. The number of amides is 1. The van der Waals surface area contributed by atoms with E-state index in [0.717, 1.165) is 15.4 Å². The second-order valence-corrected chi connectivity index (χ2v) is 7.55. The Morgan fingerprint density at radius 1 is 1.22 bits per heavy atom. The highest BCUT2D eigenvalue weighted by Crippen LogP contribution is 2.28. The molecule has 0 aliphatic carbocycles. The summed E-state index contributed by atoms with van der Waals surface area (Å²) in [6, 6.07) is 9.33. The average molecular weight is 383 g/mol. The molecule has 23 heavy (non-hydrogen) atoms. The van der Waals surface area contributed by atoms with Crippen LogP contribution in [0.3, 0.4) is 0 Å². The Hall–Kier alpha value is -1.40. The predicted octanol–water partition coefficient (Wildman–Crippen LogP) is 5.45. The number of halogens is 2. The lowest BCUT2D eigenvalue weighted by Gasteiger charge is -2.16. The molecule has 0 atom stereocenters. The van der Waals surface area contributed by atoms with Crippen LogP contribution in [0.1, 0.15) is 16.1 Å². The predicted molar refractivity (Wildman–Crippen MR) is 97.7 cm³/mol. The lowest BCUT2D eigenvalue weighted by atomic mass is 10.2. The number of hydrogen-bond acceptors (Lipinski definition) is 4. The van der Waals surface area contributed by atoms with Gasteiger partial charge in [-0.2, -0.15) is 0 Å². The van der Waals surface area contributed by atoms with Crippen molar-refractivity contribution in [1.82, 2.24) is 9.88 Å². The summed E-state index contributed by atoms with van der Waals surface area (Å²) in [5.41, 5.74) is 1.38. The summed E-state index contributed by atoms with van der Waals surface area (Å²) in [7, 11) is 1.75. The van der Waals surface area contributed by atoms with E-state index in [1.165, 1.54) is 11.3 Å². The third-order valence-corrected chi connectivity index (χ3v) is 5.83. The molecule has 0 radical (unpaired) electrons. The van der Waals surface area contributed by atoms with E-state index in [-0.39, 0.29) is 5.91 Å². The fourth-order valence-corrected chi connectivity index (χ4v) is 3.99. The van der Waals surface area contributed by atoms with Crippen molar-refractivity contribution in [2.45, 2.75) is 6.54 Å². The van der Waals surface area contributed by atoms with Crippen LogP contribution in [-0.4, -0.2) is 22.8 Å². The highest BCUT2D eigenvalue weighted by atomic mass is 35.5. The Kier molecular flexibility index (Phi) is 5.02. The zero-order valence-corrected chi connectivity index (χ0v) is 15.3. The molecule has 0 unspecified atom stereocenters. The molecule has 2 aromatic heterocycles. The zero-order valence-electron chi connectivity index (χ0n) is 12.1. The maximum Gasteiger partial charge on any atom is 0.273 e. The Morgan fingerprint density at radius 3 is 2.74 bits per heavy atom. The normalized spacial score (nSPS) is 10.7. The van der Waals surface area contributed by atoms with Crippen LogP contribution in [0.4, 0.5) is 0 Å². The van der Waals surface area contributed by atoms with Gasteiger partial charge in [0.25, 0.3) is 5.91 Å². The van der Waals surface area contributed by atoms with Crippen molar-refractivity contribution in [3.05, 3.63) is 62.4 Å². The summed E-state index contributed by atoms with van der Waals surface area (Å²) in [4.78, 5) is 19.6. The standard InChI is InChI=1S/C16H12Cl2N2OS2/c1-20(8-10-4-5-11(17)12(18)7-10)16(21)13-9-23-15(19-13)14-3-2-6-22-14/h2-7,9H,8H2,1H3. The van der Waals surface area contributed by atoms with Gasteiger partial charge in [0, 0.05) is 19.0 Å². The SMILES string of the molecule is CN(Cc1ccc(Cl)c(Cl)c1)C(=O)c1csc(-c2cccs2)n1. The largest absolute Gasteiger partial charge is 0.336 e. The number of carbonyl (C=O) groups excluding carboxylic acids is 1. The number of carbonyl (C=O) groups is 1. The number of aromatic nitrogens is 1. The maximum absolute atomic E-state index is 12.5. The van der Waals surface area contributed by atoms with Crippen molar-refractivity contribution in [1.29, 1.82) is 0 Å². The minimum Gasteiger partial charge on any atom is -0.336 e. The van der Waals surface area contributed by atoms with Crippen molar-refractivity contribution < 1.29 is 4.79 Å². The molecular formula is C16H12Cl2N2OS2. The van der Waals surface area contributed by atoms with E-state index in [2.05, 4.69) is 4.98 Å². The third-order valence-electron chi connectivity index (χ3n) is 3.21. The van der Waals surface area contributed by atoms with Crippen LogP contribution in [-0.2, 0) is 6.54 Å². The van der Waals surface area contributed by atoms with Gasteiger partial charge in [-0.25, -0.2) is 4.98 Å². The number of thiazole rings is 1. The second-order valence-electron chi connectivity index (χ2n) is 4.92. The van der Waals surface area contributed by atoms with Crippen molar-refractivity contribution in [3.63, 3.8) is 0 Å². The number of nitrogens with zero attached hydrogens (tertiary/aromatic N) is 2. The van der Waals surface area contributed by atoms with Crippen LogP contribution in [0.25, 0.3) is 9.88 Å². The Labute approximate surface area is 152 Å². The number of thiophene rings is 1. The van der Waals surface area contributed by atoms with Gasteiger partial charge in [0.15, 0.2) is 0 Å². The van der Waals surface area contributed by atoms with E-state index >= 15 is 0 Å². The Morgan fingerprint density at radius 2 is 2.04 bits per heavy atom. The zero-order chi connectivity index (χ0) is 16.4. The quantitative estimate of drug-likeness (QED) is 0.600. The van der Waals surface area contributed by atoms with Crippen molar-refractivity contribution in [2.24, 2.45) is 0 Å². The molecule has 3 nitrogen and oxygen atoms in total. The first-order chi connectivity index (χ1) is 11.0. The number of rotatable bonds is 4. The van der Waals surface area contributed by atoms with Crippen LogP contribution in [0.2, 0.25) is 10.0 Å². The van der Waals surface area contributed by atoms with E-state index < -0.39 is 0 Å². The van der Waals surface area contributed by atoms with Gasteiger partial charge in [0.1, 0.15) is 10.7 Å². The van der Waals surface area contributed by atoms with Gasteiger partial charge in [-0.1, -0.05) is 35.3 Å². The smallest absolute Gasteiger partial charge is 0.273 e. The van der Waals surface area contributed by atoms with Crippen molar-refractivity contribution >= 4 is 51.8 Å². The molecule has 3 aromatic rings. The molecule has 0 spiro atoms. The van der Waals surface area contributed by atoms with E-state index in [1.54, 1.807) is 40.8 Å². The molecule has 0 aliphatic heterocycles. The fraction of sp³-hybridized carbons (Fsp3) is 0.125. The summed E-state index contributed by atoms with van der Waals surface area (Å²) in [6.07, 6.45) is 0. The molecule has 3 rings (SSSR count). The first kappa shape index (κ1) is 16.5. The van der Waals surface area contributed by atoms with Gasteiger partial charge in [-0.15, -0.1) is 22.7 Å². The average Bonchev–Trinajstić information content (AvgIpc) is 3.20. The monoisotopic (exact) mass is 382 g/mol. The van der Waals surface area contributed by atoms with Gasteiger partial charge in [-0.3, -0.25) is 4.79 Å². The van der Waals surface area contributed by atoms with E-state index in [0.29, 0.717) is 22.3 Å². The highest BCUT2D eigenvalue weighted by Gasteiger charge is 2.17. The number of benzene rings is 1. The van der Waals surface area contributed by atoms with Crippen LogP contribution in [0.15, 0.2) is 41.1 Å². The molecule has 118 valence electrons. The summed E-state index contributed by atoms with van der Waals surface area (Å²) in [6.45, 7) is 0.446. The molecule has 0 bridgehead atoms. The topological polar surface area (TPSA) is 33.2 Å². The fourth-order valence-electron chi connectivity index (χ4n) is 2.06. The molecule has 0 aliphatic rings.